The minimum Gasteiger partial charge on any atom is -0.493 e. The molecule has 0 radical (unpaired) electrons. The van der Waals surface area contributed by atoms with Crippen LogP contribution in [0.2, 0.25) is 0 Å². The van der Waals surface area contributed by atoms with Gasteiger partial charge in [-0.05, 0) is 25.1 Å². The molecule has 1 atom stereocenters. The molecule has 0 bridgehead atoms. The van der Waals surface area contributed by atoms with E-state index in [9.17, 15) is 9.59 Å². The first-order valence-corrected chi connectivity index (χ1v) is 7.98. The number of hydrogen-bond acceptors (Lipinski definition) is 7. The second kappa shape index (κ2) is 7.78. The van der Waals surface area contributed by atoms with Crippen LogP contribution in [-0.4, -0.2) is 37.2 Å². The topological polar surface area (TPSA) is 101 Å². The van der Waals surface area contributed by atoms with Gasteiger partial charge >= 0.3 is 5.97 Å². The highest BCUT2D eigenvalue weighted by molar-refractivity contribution is 7.13. The molecule has 1 unspecified atom stereocenters. The smallest absolute Gasteiger partial charge is 0.312 e. The molecule has 0 aliphatic carbocycles. The highest BCUT2D eigenvalue weighted by Gasteiger charge is 2.17. The number of methoxy groups -OCH3 is 2. The van der Waals surface area contributed by atoms with E-state index >= 15 is 0 Å². The molecular formula is C16H18N2O5S. The van der Waals surface area contributed by atoms with Crippen LogP contribution in [0.5, 0.6) is 11.5 Å². The predicted molar refractivity (Wildman–Crippen MR) is 89.1 cm³/mol. The van der Waals surface area contributed by atoms with Crippen LogP contribution in [0.3, 0.4) is 0 Å². The standard InChI is InChI=1S/C16H18N2O5S/c1-9(15(17)20)23-14(19)7-11-8-24-16(18-11)10-4-5-12(21-2)13(6-10)22-3/h4-6,8-9H,7H2,1-3H3,(H2,17,20). The van der Waals surface area contributed by atoms with E-state index < -0.39 is 18.0 Å². The second-order valence-corrected chi connectivity index (χ2v) is 5.78. The Hall–Kier alpha value is -2.61. The van der Waals surface area contributed by atoms with Crippen LogP contribution in [0.15, 0.2) is 23.6 Å². The van der Waals surface area contributed by atoms with Gasteiger partial charge in [0.05, 0.1) is 26.3 Å². The minimum absolute atomic E-state index is 0.0264. The van der Waals surface area contributed by atoms with E-state index in [1.807, 2.05) is 12.1 Å². The number of thiazole rings is 1. The third-order valence-electron chi connectivity index (χ3n) is 3.22. The second-order valence-electron chi connectivity index (χ2n) is 4.92. The van der Waals surface area contributed by atoms with Crippen LogP contribution >= 0.6 is 11.3 Å². The van der Waals surface area contributed by atoms with Gasteiger partial charge in [-0.2, -0.15) is 0 Å². The lowest BCUT2D eigenvalue weighted by Gasteiger charge is -2.08. The predicted octanol–water partition coefficient (Wildman–Crippen LogP) is 1.79. The number of aromatic nitrogens is 1. The van der Waals surface area contributed by atoms with Gasteiger partial charge in [0.15, 0.2) is 17.6 Å². The van der Waals surface area contributed by atoms with Crippen molar-refractivity contribution < 1.29 is 23.8 Å². The van der Waals surface area contributed by atoms with Crippen LogP contribution in [0.4, 0.5) is 0 Å². The first kappa shape index (κ1) is 17.7. The molecule has 7 nitrogen and oxygen atoms in total. The third kappa shape index (κ3) is 4.23. The van der Waals surface area contributed by atoms with Crippen molar-refractivity contribution in [1.82, 2.24) is 4.98 Å². The SMILES string of the molecule is COc1ccc(-c2nc(CC(=O)OC(C)C(N)=O)cs2)cc1OC. The Morgan fingerprint density at radius 1 is 1.25 bits per heavy atom. The van der Waals surface area contributed by atoms with Gasteiger partial charge in [0.25, 0.3) is 5.91 Å². The number of primary amides is 1. The molecule has 1 aromatic carbocycles. The maximum Gasteiger partial charge on any atom is 0.312 e. The van der Waals surface area contributed by atoms with Gasteiger partial charge in [-0.25, -0.2) is 4.98 Å². The molecule has 2 rings (SSSR count). The number of amides is 1. The summed E-state index contributed by atoms with van der Waals surface area (Å²) in [5.74, 6) is -0.0124. The monoisotopic (exact) mass is 350 g/mol. The van der Waals surface area contributed by atoms with Crippen molar-refractivity contribution in [1.29, 1.82) is 0 Å². The molecule has 1 aromatic heterocycles. The molecule has 128 valence electrons. The number of benzene rings is 1. The normalized spacial score (nSPS) is 11.6. The summed E-state index contributed by atoms with van der Waals surface area (Å²) in [7, 11) is 3.13. The zero-order valence-electron chi connectivity index (χ0n) is 13.6. The van der Waals surface area contributed by atoms with E-state index in [1.54, 1.807) is 25.7 Å². The molecule has 0 aliphatic heterocycles. The number of carbonyl (C=O) groups is 2. The molecule has 2 N–H and O–H groups in total. The molecular weight excluding hydrogens is 332 g/mol. The van der Waals surface area contributed by atoms with Gasteiger partial charge in [-0.15, -0.1) is 11.3 Å². The first-order chi connectivity index (χ1) is 11.4. The van der Waals surface area contributed by atoms with Crippen molar-refractivity contribution in [2.24, 2.45) is 5.73 Å². The molecule has 8 heteroatoms. The molecule has 0 fully saturated rings. The number of ether oxygens (including phenoxy) is 3. The van der Waals surface area contributed by atoms with Crippen LogP contribution in [0.1, 0.15) is 12.6 Å². The fraction of sp³-hybridized carbons (Fsp3) is 0.312. The molecule has 1 amide bonds. The van der Waals surface area contributed by atoms with Gasteiger partial charge in [-0.3, -0.25) is 9.59 Å². The fourth-order valence-electron chi connectivity index (χ4n) is 1.93. The molecule has 24 heavy (non-hydrogen) atoms. The number of hydrogen-bond donors (Lipinski definition) is 1. The van der Waals surface area contributed by atoms with E-state index in [1.165, 1.54) is 18.3 Å². The summed E-state index contributed by atoms with van der Waals surface area (Å²) < 4.78 is 15.4. The molecule has 1 heterocycles. The highest BCUT2D eigenvalue weighted by atomic mass is 32.1. The number of esters is 1. The Labute approximate surface area is 143 Å². The van der Waals surface area contributed by atoms with E-state index in [4.69, 9.17) is 19.9 Å². The van der Waals surface area contributed by atoms with Crippen LogP contribution in [0.25, 0.3) is 10.6 Å². The summed E-state index contributed by atoms with van der Waals surface area (Å²) in [4.78, 5) is 27.1. The van der Waals surface area contributed by atoms with E-state index in [0.717, 1.165) is 10.6 Å². The zero-order valence-corrected chi connectivity index (χ0v) is 14.4. The van der Waals surface area contributed by atoms with Crippen LogP contribution < -0.4 is 15.2 Å². The van der Waals surface area contributed by atoms with Crippen molar-refractivity contribution in [3.63, 3.8) is 0 Å². The van der Waals surface area contributed by atoms with Crippen molar-refractivity contribution in [2.75, 3.05) is 14.2 Å². The summed E-state index contributed by atoms with van der Waals surface area (Å²) in [6, 6.07) is 5.46. The third-order valence-corrected chi connectivity index (χ3v) is 4.16. The van der Waals surface area contributed by atoms with Crippen molar-refractivity contribution in [3.05, 3.63) is 29.3 Å². The van der Waals surface area contributed by atoms with Crippen LogP contribution in [-0.2, 0) is 20.7 Å². The zero-order chi connectivity index (χ0) is 17.7. The maximum atomic E-state index is 11.8. The first-order valence-electron chi connectivity index (χ1n) is 7.10. The summed E-state index contributed by atoms with van der Waals surface area (Å²) in [6.45, 7) is 1.43. The largest absolute Gasteiger partial charge is 0.493 e. The van der Waals surface area contributed by atoms with Gasteiger partial charge in [0, 0.05) is 10.9 Å². The minimum atomic E-state index is -0.957. The van der Waals surface area contributed by atoms with E-state index in [-0.39, 0.29) is 6.42 Å². The lowest BCUT2D eigenvalue weighted by atomic mass is 10.2. The van der Waals surface area contributed by atoms with Crippen molar-refractivity contribution in [2.45, 2.75) is 19.4 Å². The fourth-order valence-corrected chi connectivity index (χ4v) is 2.75. The Balaban J connectivity index is 2.10. The number of nitrogens with two attached hydrogens (primary N) is 1. The quantitative estimate of drug-likeness (QED) is 0.764. The Kier molecular flexibility index (Phi) is 5.75. The molecule has 0 saturated heterocycles. The van der Waals surface area contributed by atoms with Crippen LogP contribution in [0, 0.1) is 0 Å². The van der Waals surface area contributed by atoms with E-state index in [2.05, 4.69) is 4.98 Å². The molecule has 0 aliphatic rings. The summed E-state index contributed by atoms with van der Waals surface area (Å²) in [5.41, 5.74) is 6.47. The van der Waals surface area contributed by atoms with E-state index in [0.29, 0.717) is 17.2 Å². The number of rotatable bonds is 7. The van der Waals surface area contributed by atoms with Gasteiger partial charge in [0.2, 0.25) is 0 Å². The average molecular weight is 350 g/mol. The Morgan fingerprint density at radius 3 is 2.58 bits per heavy atom. The summed E-state index contributed by atoms with van der Waals surface area (Å²) in [5, 5.41) is 2.50. The van der Waals surface area contributed by atoms with Gasteiger partial charge < -0.3 is 19.9 Å². The van der Waals surface area contributed by atoms with Gasteiger partial charge in [0.1, 0.15) is 5.01 Å². The summed E-state index contributed by atoms with van der Waals surface area (Å²) >= 11 is 1.40. The molecule has 0 saturated carbocycles. The summed E-state index contributed by atoms with van der Waals surface area (Å²) in [6.07, 6.45) is -0.983. The van der Waals surface area contributed by atoms with Crippen molar-refractivity contribution in [3.8, 4) is 22.1 Å². The van der Waals surface area contributed by atoms with Gasteiger partial charge in [-0.1, -0.05) is 0 Å². The highest BCUT2D eigenvalue weighted by Crippen LogP contribution is 2.33. The lowest BCUT2D eigenvalue weighted by molar-refractivity contribution is -0.153. The van der Waals surface area contributed by atoms with Crippen molar-refractivity contribution >= 4 is 23.2 Å². The Morgan fingerprint density at radius 2 is 1.96 bits per heavy atom. The maximum absolute atomic E-state index is 11.8. The molecule has 2 aromatic rings. The Bertz CT molecular complexity index is 744. The lowest BCUT2D eigenvalue weighted by Crippen LogP contribution is -2.30. The number of carbonyl (C=O) groups excluding carboxylic acids is 2. The average Bonchev–Trinajstić information content (AvgIpc) is 3.02. The molecule has 0 spiro atoms. The number of nitrogens with zero attached hydrogens (tertiary/aromatic N) is 1.